The Morgan fingerprint density at radius 1 is 0.971 bits per heavy atom. The number of para-hydroxylation sites is 1. The van der Waals surface area contributed by atoms with Gasteiger partial charge in [-0.25, -0.2) is 4.85 Å². The molecule has 2 amide bonds. The number of aliphatic hydroxyl groups is 2. The molecule has 0 aromatic heterocycles. The van der Waals surface area contributed by atoms with Gasteiger partial charge in [-0.3, -0.25) is 9.59 Å². The van der Waals surface area contributed by atoms with Gasteiger partial charge in [0.25, 0.3) is 11.8 Å². The summed E-state index contributed by atoms with van der Waals surface area (Å²) in [6.07, 6.45) is -2.16. The van der Waals surface area contributed by atoms with Crippen LogP contribution in [0, 0.1) is 6.57 Å². The average molecular weight is 470 g/mol. The maximum atomic E-state index is 12.9. The lowest BCUT2D eigenvalue weighted by Gasteiger charge is -2.28. The summed E-state index contributed by atoms with van der Waals surface area (Å²) in [7, 11) is 0. The molecule has 0 aliphatic carbocycles. The molecule has 1 heterocycles. The molecule has 7 heteroatoms. The highest BCUT2D eigenvalue weighted by Crippen LogP contribution is 2.32. The van der Waals surface area contributed by atoms with E-state index in [1.807, 2.05) is 72.8 Å². The number of carbonyl (C=O) groups is 2. The Balaban J connectivity index is 1.35. The molecule has 0 saturated carbocycles. The van der Waals surface area contributed by atoms with Crippen molar-refractivity contribution in [3.8, 4) is 11.1 Å². The van der Waals surface area contributed by atoms with Crippen LogP contribution in [0.25, 0.3) is 16.0 Å². The first kappa shape index (κ1) is 24.1. The van der Waals surface area contributed by atoms with Crippen LogP contribution in [0.4, 0.5) is 5.69 Å². The minimum Gasteiger partial charge on any atom is -0.380 e. The molecule has 35 heavy (non-hydrogen) atoms. The molecule has 0 radical (unpaired) electrons. The lowest BCUT2D eigenvalue weighted by molar-refractivity contribution is -0.153. The Morgan fingerprint density at radius 2 is 1.66 bits per heavy atom. The van der Waals surface area contributed by atoms with Crippen LogP contribution >= 0.6 is 0 Å². The van der Waals surface area contributed by atoms with E-state index >= 15 is 0 Å². The zero-order valence-electron chi connectivity index (χ0n) is 19.2. The Morgan fingerprint density at radius 3 is 2.37 bits per heavy atom. The monoisotopic (exact) mass is 469 g/mol. The van der Waals surface area contributed by atoms with Crippen LogP contribution in [0.3, 0.4) is 0 Å². The molecular weight excluding hydrogens is 442 g/mol. The molecule has 0 spiro atoms. The highest BCUT2D eigenvalue weighted by atomic mass is 16.3. The van der Waals surface area contributed by atoms with Crippen LogP contribution in [0.2, 0.25) is 0 Å². The molecule has 3 atom stereocenters. The van der Waals surface area contributed by atoms with Gasteiger partial charge in [0, 0.05) is 13.1 Å². The third-order valence-electron chi connectivity index (χ3n) is 6.30. The molecule has 1 saturated heterocycles. The van der Waals surface area contributed by atoms with Gasteiger partial charge in [0.2, 0.25) is 0 Å². The first-order chi connectivity index (χ1) is 17.0. The van der Waals surface area contributed by atoms with E-state index in [-0.39, 0.29) is 12.6 Å². The van der Waals surface area contributed by atoms with Gasteiger partial charge in [-0.2, -0.15) is 0 Å². The van der Waals surface area contributed by atoms with Gasteiger partial charge in [0.15, 0.2) is 17.9 Å². The third kappa shape index (κ3) is 5.40. The van der Waals surface area contributed by atoms with E-state index in [2.05, 4.69) is 10.2 Å². The van der Waals surface area contributed by atoms with Crippen LogP contribution in [0.1, 0.15) is 30.0 Å². The SMILES string of the molecule is [C-]#[N+]c1ccccc1-c1ccc(CNC(=O)[C@H](O)[C@@H](O)C(=O)N2CCCC2c2ccccc2)cc1. The molecule has 0 bridgehead atoms. The maximum Gasteiger partial charge on any atom is 0.255 e. The zero-order valence-corrected chi connectivity index (χ0v) is 19.2. The summed E-state index contributed by atoms with van der Waals surface area (Å²) < 4.78 is 0. The van der Waals surface area contributed by atoms with Gasteiger partial charge < -0.3 is 20.4 Å². The first-order valence-electron chi connectivity index (χ1n) is 11.5. The van der Waals surface area contributed by atoms with Gasteiger partial charge in [-0.05, 0) is 35.1 Å². The fourth-order valence-electron chi connectivity index (χ4n) is 4.41. The zero-order chi connectivity index (χ0) is 24.8. The van der Waals surface area contributed by atoms with Crippen LogP contribution in [0.5, 0.6) is 0 Å². The second-order valence-electron chi connectivity index (χ2n) is 8.53. The van der Waals surface area contributed by atoms with E-state index in [4.69, 9.17) is 6.57 Å². The average Bonchev–Trinajstić information content (AvgIpc) is 3.41. The number of rotatable bonds is 7. The summed E-state index contributed by atoms with van der Waals surface area (Å²) >= 11 is 0. The second kappa shape index (κ2) is 11.0. The topological polar surface area (TPSA) is 94.2 Å². The van der Waals surface area contributed by atoms with Crippen LogP contribution < -0.4 is 5.32 Å². The van der Waals surface area contributed by atoms with Gasteiger partial charge in [0.05, 0.1) is 12.6 Å². The molecule has 178 valence electrons. The number of hydrogen-bond donors (Lipinski definition) is 3. The summed E-state index contributed by atoms with van der Waals surface area (Å²) in [6.45, 7) is 7.90. The van der Waals surface area contributed by atoms with Crippen molar-refractivity contribution < 1.29 is 19.8 Å². The number of nitrogens with zero attached hydrogens (tertiary/aromatic N) is 2. The molecule has 1 aliphatic heterocycles. The summed E-state index contributed by atoms with van der Waals surface area (Å²) in [5, 5.41) is 23.4. The third-order valence-corrected chi connectivity index (χ3v) is 6.30. The fourth-order valence-corrected chi connectivity index (χ4v) is 4.41. The van der Waals surface area contributed by atoms with Crippen LogP contribution in [-0.2, 0) is 16.1 Å². The predicted molar refractivity (Wildman–Crippen MR) is 132 cm³/mol. The Bertz CT molecular complexity index is 1220. The van der Waals surface area contributed by atoms with E-state index in [0.717, 1.165) is 35.1 Å². The molecule has 1 aliphatic rings. The van der Waals surface area contributed by atoms with Crippen molar-refractivity contribution in [1.82, 2.24) is 10.2 Å². The normalized spacial score (nSPS) is 16.8. The number of nitrogens with one attached hydrogen (secondary N) is 1. The van der Waals surface area contributed by atoms with Crippen molar-refractivity contribution in [2.75, 3.05) is 6.54 Å². The van der Waals surface area contributed by atoms with Gasteiger partial charge >= 0.3 is 0 Å². The Labute approximate surface area is 204 Å². The summed E-state index contributed by atoms with van der Waals surface area (Å²) in [5.74, 6) is -1.47. The molecule has 3 N–H and O–H groups in total. The van der Waals surface area contributed by atoms with Gasteiger partial charge in [-0.15, -0.1) is 0 Å². The quantitative estimate of drug-likeness (QED) is 0.461. The van der Waals surface area contributed by atoms with E-state index in [1.54, 1.807) is 6.07 Å². The van der Waals surface area contributed by atoms with E-state index in [1.165, 1.54) is 4.90 Å². The summed E-state index contributed by atoms with van der Waals surface area (Å²) in [5.41, 5.74) is 4.01. The van der Waals surface area contributed by atoms with Crippen molar-refractivity contribution in [3.63, 3.8) is 0 Å². The minimum atomic E-state index is -1.87. The van der Waals surface area contributed by atoms with Crippen molar-refractivity contribution >= 4 is 17.5 Å². The van der Waals surface area contributed by atoms with Crippen molar-refractivity contribution in [1.29, 1.82) is 0 Å². The molecular formula is C28H27N3O4. The molecule has 1 unspecified atom stereocenters. The highest BCUT2D eigenvalue weighted by Gasteiger charge is 2.38. The lowest BCUT2D eigenvalue weighted by atomic mass is 10.0. The summed E-state index contributed by atoms with van der Waals surface area (Å²) in [6, 6.07) is 24.0. The highest BCUT2D eigenvalue weighted by molar-refractivity contribution is 5.91. The number of benzene rings is 3. The standard InChI is InChI=1S/C28H27N3O4/c1-29-23-11-6-5-10-22(23)20-15-13-19(14-16-20)18-30-27(34)25(32)26(33)28(35)31-17-7-12-24(31)21-8-3-2-4-9-21/h2-6,8-11,13-16,24-26,32-33H,7,12,17-18H2,(H,30,34)/t24?,25-,26-/m1/s1. The fraction of sp³-hybridized carbons (Fsp3) is 0.250. The molecule has 1 fully saturated rings. The smallest absolute Gasteiger partial charge is 0.255 e. The van der Waals surface area contributed by atoms with E-state index in [0.29, 0.717) is 12.2 Å². The van der Waals surface area contributed by atoms with Crippen molar-refractivity contribution in [3.05, 3.63) is 101 Å². The van der Waals surface area contributed by atoms with E-state index in [9.17, 15) is 19.8 Å². The second-order valence-corrected chi connectivity index (χ2v) is 8.53. The van der Waals surface area contributed by atoms with Crippen LogP contribution in [0.15, 0.2) is 78.9 Å². The van der Waals surface area contributed by atoms with Gasteiger partial charge in [-0.1, -0.05) is 78.9 Å². The number of hydrogen-bond acceptors (Lipinski definition) is 4. The molecule has 3 aromatic carbocycles. The predicted octanol–water partition coefficient (Wildman–Crippen LogP) is 3.61. The summed E-state index contributed by atoms with van der Waals surface area (Å²) in [4.78, 5) is 30.4. The minimum absolute atomic E-state index is 0.123. The van der Waals surface area contributed by atoms with Crippen molar-refractivity contribution in [2.24, 2.45) is 0 Å². The number of likely N-dealkylation sites (tertiary alicyclic amines) is 1. The Kier molecular flexibility index (Phi) is 7.56. The molecule has 7 nitrogen and oxygen atoms in total. The van der Waals surface area contributed by atoms with Gasteiger partial charge in [0.1, 0.15) is 0 Å². The maximum absolute atomic E-state index is 12.9. The lowest BCUT2D eigenvalue weighted by Crippen LogP contribution is -2.50. The van der Waals surface area contributed by atoms with Crippen LogP contribution in [-0.4, -0.2) is 45.7 Å². The Hall–Kier alpha value is -3.99. The largest absolute Gasteiger partial charge is 0.380 e. The van der Waals surface area contributed by atoms with E-state index < -0.39 is 24.0 Å². The molecule has 4 rings (SSSR count). The number of aliphatic hydroxyl groups excluding tert-OH is 2. The number of carbonyl (C=O) groups excluding carboxylic acids is 2. The molecule has 3 aromatic rings. The number of amides is 2. The first-order valence-corrected chi connectivity index (χ1v) is 11.5. The van der Waals surface area contributed by atoms with Crippen molar-refractivity contribution in [2.45, 2.75) is 37.6 Å².